The van der Waals surface area contributed by atoms with Crippen LogP contribution in [0.15, 0.2) is 30.3 Å². The molecule has 3 aliphatic rings. The van der Waals surface area contributed by atoms with Crippen LogP contribution >= 0.6 is 0 Å². The number of fused-ring (bicyclic) bond motifs is 1. The van der Waals surface area contributed by atoms with Gasteiger partial charge in [0, 0.05) is 12.0 Å². The Morgan fingerprint density at radius 1 is 1.08 bits per heavy atom. The predicted octanol–water partition coefficient (Wildman–Crippen LogP) is 3.26. The van der Waals surface area contributed by atoms with Crippen molar-refractivity contribution in [2.24, 2.45) is 17.8 Å². The van der Waals surface area contributed by atoms with Crippen molar-refractivity contribution >= 4 is 11.9 Å². The molecule has 1 aromatic rings. The molecule has 1 amide bonds. The van der Waals surface area contributed by atoms with Crippen molar-refractivity contribution in [1.82, 2.24) is 4.90 Å². The van der Waals surface area contributed by atoms with Crippen molar-refractivity contribution in [3.63, 3.8) is 0 Å². The lowest BCUT2D eigenvalue weighted by Gasteiger charge is -2.34. The van der Waals surface area contributed by atoms with Crippen LogP contribution in [-0.2, 0) is 14.3 Å². The van der Waals surface area contributed by atoms with Crippen LogP contribution in [0.2, 0.25) is 0 Å². The van der Waals surface area contributed by atoms with E-state index in [1.807, 2.05) is 18.2 Å². The zero-order valence-electron chi connectivity index (χ0n) is 15.0. The van der Waals surface area contributed by atoms with Gasteiger partial charge in [0.1, 0.15) is 6.54 Å². The SMILES string of the molecule is O=C(O)CN(C(=O)C1CCC1)[C@@H]1C[C@@H]2CO[C@H](c3ccccc3)C[C@@H]2C1. The van der Waals surface area contributed by atoms with E-state index >= 15 is 0 Å². The second kappa shape index (κ2) is 7.39. The maximum Gasteiger partial charge on any atom is 0.323 e. The molecule has 0 spiro atoms. The number of benzene rings is 1. The van der Waals surface area contributed by atoms with E-state index in [1.165, 1.54) is 5.56 Å². The highest BCUT2D eigenvalue weighted by Crippen LogP contribution is 2.45. The molecule has 3 fully saturated rings. The highest BCUT2D eigenvalue weighted by molar-refractivity contribution is 5.84. The molecule has 0 aromatic heterocycles. The molecular weight excluding hydrogens is 330 g/mol. The topological polar surface area (TPSA) is 66.8 Å². The minimum Gasteiger partial charge on any atom is -0.480 e. The van der Waals surface area contributed by atoms with Gasteiger partial charge < -0.3 is 14.7 Å². The largest absolute Gasteiger partial charge is 0.480 e. The van der Waals surface area contributed by atoms with Crippen molar-refractivity contribution in [2.75, 3.05) is 13.2 Å². The first kappa shape index (κ1) is 17.5. The number of amides is 1. The Balaban J connectivity index is 1.44. The number of carboxylic acid groups (broad SMARTS) is 1. The van der Waals surface area contributed by atoms with E-state index in [2.05, 4.69) is 12.1 Å². The van der Waals surface area contributed by atoms with Gasteiger partial charge in [-0.3, -0.25) is 9.59 Å². The fraction of sp³-hybridized carbons (Fsp3) is 0.619. The van der Waals surface area contributed by atoms with E-state index in [4.69, 9.17) is 4.74 Å². The molecule has 1 heterocycles. The van der Waals surface area contributed by atoms with E-state index in [1.54, 1.807) is 4.90 Å². The van der Waals surface area contributed by atoms with Crippen LogP contribution < -0.4 is 0 Å². The third-order valence-corrected chi connectivity index (χ3v) is 6.50. The number of aliphatic carboxylic acids is 1. The highest BCUT2D eigenvalue weighted by Gasteiger charge is 2.44. The molecule has 1 aromatic carbocycles. The lowest BCUT2D eigenvalue weighted by atomic mass is 9.84. The fourth-order valence-electron chi connectivity index (χ4n) is 4.83. The van der Waals surface area contributed by atoms with Crippen molar-refractivity contribution in [3.05, 3.63) is 35.9 Å². The minimum absolute atomic E-state index is 0.0466. The van der Waals surface area contributed by atoms with Gasteiger partial charge in [-0.25, -0.2) is 0 Å². The Bertz CT molecular complexity index is 657. The van der Waals surface area contributed by atoms with Gasteiger partial charge in [-0.2, -0.15) is 0 Å². The predicted molar refractivity (Wildman–Crippen MR) is 96.4 cm³/mol. The van der Waals surface area contributed by atoms with Gasteiger partial charge >= 0.3 is 5.97 Å². The fourth-order valence-corrected chi connectivity index (χ4v) is 4.83. The number of rotatable bonds is 5. The normalized spacial score (nSPS) is 31.1. The molecule has 1 aliphatic heterocycles. The Morgan fingerprint density at radius 3 is 2.46 bits per heavy atom. The van der Waals surface area contributed by atoms with Crippen molar-refractivity contribution in [2.45, 2.75) is 50.7 Å². The molecule has 4 rings (SSSR count). The van der Waals surface area contributed by atoms with Crippen LogP contribution in [0.25, 0.3) is 0 Å². The second-order valence-electron chi connectivity index (χ2n) is 8.10. The number of carbonyl (C=O) groups is 2. The Kier molecular flexibility index (Phi) is 4.98. The van der Waals surface area contributed by atoms with Crippen molar-refractivity contribution in [3.8, 4) is 0 Å². The maximum absolute atomic E-state index is 12.8. The van der Waals surface area contributed by atoms with E-state index in [0.717, 1.165) is 38.5 Å². The smallest absolute Gasteiger partial charge is 0.323 e. The summed E-state index contributed by atoms with van der Waals surface area (Å²) in [5, 5.41) is 9.30. The molecule has 4 atom stereocenters. The average molecular weight is 357 g/mol. The summed E-state index contributed by atoms with van der Waals surface area (Å²) in [4.78, 5) is 25.8. The third-order valence-electron chi connectivity index (χ3n) is 6.50. The first-order chi connectivity index (χ1) is 12.6. The third kappa shape index (κ3) is 3.50. The number of carboxylic acids is 1. The van der Waals surface area contributed by atoms with Gasteiger partial charge in [0.15, 0.2) is 0 Å². The lowest BCUT2D eigenvalue weighted by Crippen LogP contribution is -2.47. The number of carbonyl (C=O) groups excluding carboxylic acids is 1. The van der Waals surface area contributed by atoms with Gasteiger partial charge in [0.05, 0.1) is 12.7 Å². The quantitative estimate of drug-likeness (QED) is 0.878. The highest BCUT2D eigenvalue weighted by atomic mass is 16.5. The van der Waals surface area contributed by atoms with Crippen LogP contribution in [0.3, 0.4) is 0 Å². The average Bonchev–Trinajstić information content (AvgIpc) is 3.01. The monoisotopic (exact) mass is 357 g/mol. The standard InChI is InChI=1S/C21H27NO4/c23-20(24)12-22(21(25)15-7-4-8-15)18-9-16-11-19(26-13-17(16)10-18)14-5-2-1-3-6-14/h1-3,5-6,15-19H,4,7-13H2,(H,23,24)/t16-,17+,18-,19-/m0/s1. The van der Waals surface area contributed by atoms with Crippen LogP contribution in [0.5, 0.6) is 0 Å². The summed E-state index contributed by atoms with van der Waals surface area (Å²) in [5.41, 5.74) is 1.21. The van der Waals surface area contributed by atoms with Crippen LogP contribution in [0.4, 0.5) is 0 Å². The van der Waals surface area contributed by atoms with Gasteiger partial charge in [0.2, 0.25) is 5.91 Å². The molecule has 0 radical (unpaired) electrons. The molecule has 1 saturated heterocycles. The summed E-state index contributed by atoms with van der Waals surface area (Å²) in [7, 11) is 0. The Labute approximate surface area is 154 Å². The molecule has 5 nitrogen and oxygen atoms in total. The molecule has 0 bridgehead atoms. The second-order valence-corrected chi connectivity index (χ2v) is 8.10. The summed E-state index contributed by atoms with van der Waals surface area (Å²) < 4.78 is 6.11. The summed E-state index contributed by atoms with van der Waals surface area (Å²) >= 11 is 0. The number of nitrogens with zero attached hydrogens (tertiary/aromatic N) is 1. The molecule has 140 valence electrons. The van der Waals surface area contributed by atoms with Crippen LogP contribution in [0.1, 0.15) is 50.2 Å². The summed E-state index contributed by atoms with van der Waals surface area (Å²) in [6, 6.07) is 10.3. The van der Waals surface area contributed by atoms with Crippen molar-refractivity contribution < 1.29 is 19.4 Å². The Hall–Kier alpha value is -1.88. The maximum atomic E-state index is 12.8. The molecule has 1 N–H and O–H groups in total. The summed E-state index contributed by atoms with van der Waals surface area (Å²) in [5.74, 6) is 0.133. The van der Waals surface area contributed by atoms with E-state index in [-0.39, 0.29) is 30.5 Å². The van der Waals surface area contributed by atoms with Gasteiger partial charge in [-0.15, -0.1) is 0 Å². The van der Waals surface area contributed by atoms with Gasteiger partial charge in [0.25, 0.3) is 0 Å². The van der Waals surface area contributed by atoms with Crippen LogP contribution in [-0.4, -0.2) is 41.1 Å². The molecule has 26 heavy (non-hydrogen) atoms. The molecular formula is C21H27NO4. The van der Waals surface area contributed by atoms with Gasteiger partial charge in [-0.05, 0) is 49.5 Å². The zero-order chi connectivity index (χ0) is 18.1. The molecule has 5 heteroatoms. The lowest BCUT2D eigenvalue weighted by molar-refractivity contribution is -0.149. The Morgan fingerprint density at radius 2 is 1.81 bits per heavy atom. The number of ether oxygens (including phenoxy) is 1. The molecule has 0 unspecified atom stereocenters. The molecule has 2 aliphatic carbocycles. The van der Waals surface area contributed by atoms with Crippen LogP contribution in [0, 0.1) is 17.8 Å². The van der Waals surface area contributed by atoms with E-state index in [9.17, 15) is 14.7 Å². The van der Waals surface area contributed by atoms with Gasteiger partial charge in [-0.1, -0.05) is 36.8 Å². The van der Waals surface area contributed by atoms with E-state index < -0.39 is 5.97 Å². The van der Waals surface area contributed by atoms with Crippen molar-refractivity contribution in [1.29, 1.82) is 0 Å². The molecule has 2 saturated carbocycles. The van der Waals surface area contributed by atoms with E-state index in [0.29, 0.717) is 18.4 Å². The summed E-state index contributed by atoms with van der Waals surface area (Å²) in [6.45, 7) is 0.543. The minimum atomic E-state index is -0.911. The first-order valence-corrected chi connectivity index (χ1v) is 9.80. The zero-order valence-corrected chi connectivity index (χ0v) is 15.0. The number of hydrogen-bond acceptors (Lipinski definition) is 3. The number of hydrogen-bond donors (Lipinski definition) is 1. The first-order valence-electron chi connectivity index (χ1n) is 9.80. The summed E-state index contributed by atoms with van der Waals surface area (Å²) in [6.07, 6.45) is 5.76.